The summed E-state index contributed by atoms with van der Waals surface area (Å²) in [4.78, 5) is 19.1. The molecule has 9 nitrogen and oxygen atoms in total. The van der Waals surface area contributed by atoms with Crippen LogP contribution >= 0.6 is 0 Å². The molecule has 0 saturated heterocycles. The van der Waals surface area contributed by atoms with Crippen LogP contribution in [0.25, 0.3) is 10.9 Å². The number of aromatic nitrogens is 5. The first-order chi connectivity index (χ1) is 17.8. The Hall–Kier alpha value is -3.88. The largest absolute Gasteiger partial charge is 0.486 e. The SMILES string of the molecule is O=c1[nH]c2cc3c(cc2cc1[C@@H](c1nnnn1C1CCCCC1)N1CCc2ccccc21)OCCO3. The molecule has 1 aliphatic carbocycles. The Bertz CT molecular complexity index is 1490. The highest BCUT2D eigenvalue weighted by molar-refractivity contribution is 5.83. The lowest BCUT2D eigenvalue weighted by Crippen LogP contribution is -2.35. The van der Waals surface area contributed by atoms with Crippen LogP contribution in [0.2, 0.25) is 0 Å². The third kappa shape index (κ3) is 3.53. The van der Waals surface area contributed by atoms with Gasteiger partial charge in [0.15, 0.2) is 17.3 Å². The summed E-state index contributed by atoms with van der Waals surface area (Å²) in [6.07, 6.45) is 6.62. The number of hydrogen-bond acceptors (Lipinski definition) is 7. The summed E-state index contributed by atoms with van der Waals surface area (Å²) in [5, 5.41) is 14.0. The van der Waals surface area contributed by atoms with E-state index < -0.39 is 6.04 Å². The van der Waals surface area contributed by atoms with Crippen LogP contribution in [0.4, 0.5) is 5.69 Å². The van der Waals surface area contributed by atoms with E-state index in [1.165, 1.54) is 24.8 Å². The molecular weight excluding hydrogens is 456 g/mol. The first-order valence-electron chi connectivity index (χ1n) is 12.8. The molecule has 7 rings (SSSR count). The van der Waals surface area contributed by atoms with Crippen molar-refractivity contribution in [1.82, 2.24) is 25.2 Å². The average Bonchev–Trinajstić information content (AvgIpc) is 3.57. The lowest BCUT2D eigenvalue weighted by Gasteiger charge is -2.31. The summed E-state index contributed by atoms with van der Waals surface area (Å²) in [7, 11) is 0. The van der Waals surface area contributed by atoms with Gasteiger partial charge < -0.3 is 19.4 Å². The third-order valence-corrected chi connectivity index (χ3v) is 7.75. The molecule has 1 N–H and O–H groups in total. The van der Waals surface area contributed by atoms with Crippen LogP contribution in [-0.4, -0.2) is 44.9 Å². The van der Waals surface area contributed by atoms with Crippen LogP contribution in [-0.2, 0) is 6.42 Å². The Labute approximate surface area is 208 Å². The Morgan fingerprint density at radius 1 is 1.00 bits per heavy atom. The van der Waals surface area contributed by atoms with E-state index in [1.54, 1.807) is 0 Å². The van der Waals surface area contributed by atoms with E-state index in [4.69, 9.17) is 9.47 Å². The van der Waals surface area contributed by atoms with Crippen molar-refractivity contribution in [1.29, 1.82) is 0 Å². The highest BCUT2D eigenvalue weighted by Gasteiger charge is 2.36. The van der Waals surface area contributed by atoms with Gasteiger partial charge in [-0.25, -0.2) is 4.68 Å². The van der Waals surface area contributed by atoms with E-state index >= 15 is 0 Å². The van der Waals surface area contributed by atoms with Crippen LogP contribution in [0.1, 0.15) is 61.1 Å². The van der Waals surface area contributed by atoms with Gasteiger partial charge in [0.05, 0.1) is 11.6 Å². The number of benzene rings is 2. The van der Waals surface area contributed by atoms with Crippen molar-refractivity contribution in [2.45, 2.75) is 50.6 Å². The molecule has 0 spiro atoms. The zero-order chi connectivity index (χ0) is 24.1. The van der Waals surface area contributed by atoms with Gasteiger partial charge in [0.1, 0.15) is 19.3 Å². The predicted octanol–water partition coefficient (Wildman–Crippen LogP) is 3.94. The maximum absolute atomic E-state index is 13.7. The Morgan fingerprint density at radius 2 is 1.81 bits per heavy atom. The van der Waals surface area contributed by atoms with Crippen molar-refractivity contribution in [2.24, 2.45) is 0 Å². The minimum Gasteiger partial charge on any atom is -0.486 e. The normalized spacial score (nSPS) is 18.4. The first-order valence-corrected chi connectivity index (χ1v) is 12.8. The molecule has 0 radical (unpaired) electrons. The van der Waals surface area contributed by atoms with Gasteiger partial charge in [-0.2, -0.15) is 0 Å². The van der Waals surface area contributed by atoms with Gasteiger partial charge in [-0.1, -0.05) is 37.5 Å². The van der Waals surface area contributed by atoms with E-state index in [2.05, 4.69) is 43.6 Å². The molecule has 4 heterocycles. The average molecular weight is 485 g/mol. The smallest absolute Gasteiger partial charge is 0.254 e. The lowest BCUT2D eigenvalue weighted by atomic mass is 9.95. The fourth-order valence-corrected chi connectivity index (χ4v) is 6.01. The Kier molecular flexibility index (Phi) is 5.15. The molecule has 1 saturated carbocycles. The number of tetrazole rings is 1. The molecule has 1 fully saturated rings. The van der Waals surface area contributed by atoms with Gasteiger partial charge in [-0.3, -0.25) is 4.79 Å². The van der Waals surface area contributed by atoms with E-state index in [0.29, 0.717) is 30.3 Å². The van der Waals surface area contributed by atoms with Crippen LogP contribution in [0.3, 0.4) is 0 Å². The van der Waals surface area contributed by atoms with Gasteiger partial charge in [-0.15, -0.1) is 5.10 Å². The van der Waals surface area contributed by atoms with Gasteiger partial charge in [0.2, 0.25) is 0 Å². The number of pyridine rings is 1. The standard InChI is InChI=1S/C27H28N6O3/c34-27-20(14-18-15-23-24(16-21(18)28-27)36-13-12-35-23)25(32-11-10-17-6-4-5-9-22(17)32)26-29-30-31-33(26)19-7-2-1-3-8-19/h4-6,9,14-16,19,25H,1-3,7-8,10-13H2,(H,28,34)/t25-/m0/s1. The van der Waals surface area contributed by atoms with Gasteiger partial charge in [0.25, 0.3) is 5.56 Å². The second-order valence-electron chi connectivity index (χ2n) is 9.89. The molecule has 3 aliphatic rings. The molecule has 9 heteroatoms. The minimum atomic E-state index is -0.410. The number of ether oxygens (including phenoxy) is 2. The second-order valence-corrected chi connectivity index (χ2v) is 9.89. The van der Waals surface area contributed by atoms with Crippen molar-refractivity contribution < 1.29 is 9.47 Å². The molecule has 2 aromatic heterocycles. The number of nitrogens with zero attached hydrogens (tertiary/aromatic N) is 5. The number of rotatable bonds is 4. The monoisotopic (exact) mass is 484 g/mol. The molecule has 2 aromatic carbocycles. The summed E-state index contributed by atoms with van der Waals surface area (Å²) < 4.78 is 13.5. The fraction of sp³-hybridized carbons (Fsp3) is 0.407. The molecule has 36 heavy (non-hydrogen) atoms. The number of nitrogens with one attached hydrogen (secondary N) is 1. The van der Waals surface area contributed by atoms with Crippen molar-refractivity contribution in [2.75, 3.05) is 24.7 Å². The zero-order valence-corrected chi connectivity index (χ0v) is 20.0. The van der Waals surface area contributed by atoms with Gasteiger partial charge in [0, 0.05) is 29.2 Å². The second kappa shape index (κ2) is 8.65. The molecule has 2 aliphatic heterocycles. The van der Waals surface area contributed by atoms with E-state index in [1.807, 2.05) is 28.9 Å². The van der Waals surface area contributed by atoms with E-state index in [-0.39, 0.29) is 11.6 Å². The van der Waals surface area contributed by atoms with Gasteiger partial charge in [-0.05, 0) is 53.5 Å². The maximum Gasteiger partial charge on any atom is 0.254 e. The summed E-state index contributed by atoms with van der Waals surface area (Å²) in [5.41, 5.74) is 3.60. The molecule has 1 atom stereocenters. The molecule has 0 amide bonds. The molecule has 0 unspecified atom stereocenters. The fourth-order valence-electron chi connectivity index (χ4n) is 6.01. The van der Waals surface area contributed by atoms with E-state index in [9.17, 15) is 4.79 Å². The molecule has 4 aromatic rings. The number of H-pyrrole nitrogens is 1. The third-order valence-electron chi connectivity index (χ3n) is 7.75. The summed E-state index contributed by atoms with van der Waals surface area (Å²) in [5.74, 6) is 2.08. The zero-order valence-electron chi connectivity index (χ0n) is 20.0. The Balaban J connectivity index is 1.41. The first kappa shape index (κ1) is 21.4. The summed E-state index contributed by atoms with van der Waals surface area (Å²) in [6.45, 7) is 1.80. The van der Waals surface area contributed by atoms with Crippen molar-refractivity contribution in [3.05, 3.63) is 69.8 Å². The Morgan fingerprint density at radius 3 is 2.67 bits per heavy atom. The highest BCUT2D eigenvalue weighted by atomic mass is 16.6. The molecular formula is C27H28N6O3. The summed E-state index contributed by atoms with van der Waals surface area (Å²) >= 11 is 0. The van der Waals surface area contributed by atoms with Crippen LogP contribution in [0, 0.1) is 0 Å². The molecule has 184 valence electrons. The highest BCUT2D eigenvalue weighted by Crippen LogP contribution is 2.40. The molecule has 0 bridgehead atoms. The van der Waals surface area contributed by atoms with Crippen LogP contribution in [0.5, 0.6) is 11.5 Å². The number of aromatic amines is 1. The number of fused-ring (bicyclic) bond motifs is 3. The van der Waals surface area contributed by atoms with Gasteiger partial charge >= 0.3 is 0 Å². The number of hydrogen-bond donors (Lipinski definition) is 1. The van der Waals surface area contributed by atoms with Crippen LogP contribution < -0.4 is 19.9 Å². The minimum absolute atomic E-state index is 0.147. The van der Waals surface area contributed by atoms with E-state index in [0.717, 1.165) is 48.2 Å². The number of para-hydroxylation sites is 1. The quantitative estimate of drug-likeness (QED) is 0.468. The van der Waals surface area contributed by atoms with Crippen molar-refractivity contribution >= 4 is 16.6 Å². The van der Waals surface area contributed by atoms with Crippen LogP contribution in [0.15, 0.2) is 47.3 Å². The van der Waals surface area contributed by atoms with Crippen molar-refractivity contribution in [3.63, 3.8) is 0 Å². The number of anilines is 1. The predicted molar refractivity (Wildman–Crippen MR) is 135 cm³/mol. The maximum atomic E-state index is 13.7. The topological polar surface area (TPSA) is 98.2 Å². The summed E-state index contributed by atoms with van der Waals surface area (Å²) in [6, 6.07) is 14.0. The van der Waals surface area contributed by atoms with Crippen molar-refractivity contribution in [3.8, 4) is 11.5 Å². The lowest BCUT2D eigenvalue weighted by molar-refractivity contribution is 0.172.